The van der Waals surface area contributed by atoms with Gasteiger partial charge >= 0.3 is 0 Å². The zero-order valence-electron chi connectivity index (χ0n) is 12.6. The summed E-state index contributed by atoms with van der Waals surface area (Å²) in [5.41, 5.74) is 7.07. The highest BCUT2D eigenvalue weighted by molar-refractivity contribution is 5.85. The van der Waals surface area contributed by atoms with Crippen molar-refractivity contribution >= 4 is 18.3 Å². The number of amides is 1. The van der Waals surface area contributed by atoms with Gasteiger partial charge < -0.3 is 11.1 Å². The summed E-state index contributed by atoms with van der Waals surface area (Å²) < 4.78 is 0. The van der Waals surface area contributed by atoms with Gasteiger partial charge in [0.25, 0.3) is 0 Å². The third-order valence-corrected chi connectivity index (χ3v) is 4.21. The van der Waals surface area contributed by atoms with E-state index in [4.69, 9.17) is 5.73 Å². The molecule has 0 saturated heterocycles. The lowest BCUT2D eigenvalue weighted by molar-refractivity contribution is -0.122. The fourth-order valence-corrected chi connectivity index (χ4v) is 2.97. The monoisotopic (exact) mass is 310 g/mol. The summed E-state index contributed by atoms with van der Waals surface area (Å²) >= 11 is 0. The van der Waals surface area contributed by atoms with Crippen LogP contribution in [0.2, 0.25) is 0 Å². The van der Waals surface area contributed by atoms with Gasteiger partial charge in [0.15, 0.2) is 0 Å². The third-order valence-electron chi connectivity index (χ3n) is 4.21. The number of halogens is 1. The first-order chi connectivity index (χ1) is 9.75. The molecule has 4 heteroatoms. The quantitative estimate of drug-likeness (QED) is 0.848. The lowest BCUT2D eigenvalue weighted by Gasteiger charge is -2.21. The molecule has 1 aliphatic carbocycles. The van der Waals surface area contributed by atoms with Gasteiger partial charge in [-0.25, -0.2) is 0 Å². The Bertz CT molecular complexity index is 405. The van der Waals surface area contributed by atoms with Crippen LogP contribution in [0.1, 0.15) is 44.1 Å². The van der Waals surface area contributed by atoms with Crippen molar-refractivity contribution in [2.45, 2.75) is 51.0 Å². The zero-order chi connectivity index (χ0) is 14.2. The minimum Gasteiger partial charge on any atom is -0.355 e. The Labute approximate surface area is 134 Å². The normalized spacial score (nSPS) is 16.8. The molecule has 0 spiro atoms. The van der Waals surface area contributed by atoms with Gasteiger partial charge in [0, 0.05) is 6.54 Å². The lowest BCUT2D eigenvalue weighted by Crippen LogP contribution is -2.42. The molecule has 0 heterocycles. The second-order valence-corrected chi connectivity index (χ2v) is 5.88. The van der Waals surface area contributed by atoms with Gasteiger partial charge in [0.2, 0.25) is 5.91 Å². The van der Waals surface area contributed by atoms with Crippen molar-refractivity contribution < 1.29 is 4.79 Å². The first-order valence-corrected chi connectivity index (χ1v) is 7.83. The van der Waals surface area contributed by atoms with Crippen molar-refractivity contribution in [3.05, 3.63) is 35.9 Å². The maximum atomic E-state index is 12.0. The van der Waals surface area contributed by atoms with Crippen LogP contribution in [0.15, 0.2) is 30.3 Å². The molecule has 1 saturated carbocycles. The summed E-state index contributed by atoms with van der Waals surface area (Å²) in [5, 5.41) is 2.99. The van der Waals surface area contributed by atoms with Crippen LogP contribution >= 0.6 is 12.4 Å². The smallest absolute Gasteiger partial charge is 0.237 e. The molecule has 0 bridgehead atoms. The molecular weight excluding hydrogens is 284 g/mol. The van der Waals surface area contributed by atoms with Crippen molar-refractivity contribution in [1.29, 1.82) is 0 Å². The van der Waals surface area contributed by atoms with E-state index in [1.165, 1.54) is 32.1 Å². The maximum Gasteiger partial charge on any atom is 0.237 e. The van der Waals surface area contributed by atoms with Gasteiger partial charge in [0.05, 0.1) is 6.04 Å². The summed E-state index contributed by atoms with van der Waals surface area (Å²) in [5.74, 6) is 0.777. The molecule has 0 aromatic heterocycles. The maximum absolute atomic E-state index is 12.0. The Morgan fingerprint density at radius 3 is 2.52 bits per heavy atom. The van der Waals surface area contributed by atoms with E-state index in [1.54, 1.807) is 0 Å². The zero-order valence-corrected chi connectivity index (χ0v) is 13.4. The summed E-state index contributed by atoms with van der Waals surface area (Å²) in [6, 6.07) is 9.50. The van der Waals surface area contributed by atoms with Crippen molar-refractivity contribution in [3.63, 3.8) is 0 Å². The number of hydrogen-bond acceptors (Lipinski definition) is 2. The molecular formula is C17H27ClN2O. The van der Waals surface area contributed by atoms with Crippen LogP contribution in [0.25, 0.3) is 0 Å². The van der Waals surface area contributed by atoms with Crippen LogP contribution in [-0.4, -0.2) is 18.5 Å². The molecule has 0 radical (unpaired) electrons. The Morgan fingerprint density at radius 1 is 1.19 bits per heavy atom. The standard InChI is InChI=1S/C17H26N2O.ClH/c18-16(13-15-9-5-2-6-10-15)17(20)19-12-11-14-7-3-1-4-8-14;/h2,5-6,9-10,14,16H,1,3-4,7-8,11-13,18H2,(H,19,20);1H. The van der Waals surface area contributed by atoms with Crippen LogP contribution in [0.5, 0.6) is 0 Å². The van der Waals surface area contributed by atoms with Crippen LogP contribution in [0, 0.1) is 5.92 Å². The lowest BCUT2D eigenvalue weighted by atomic mass is 9.87. The molecule has 3 N–H and O–H groups in total. The number of carbonyl (C=O) groups excluding carboxylic acids is 1. The van der Waals surface area contributed by atoms with Gasteiger partial charge in [-0.2, -0.15) is 0 Å². The molecule has 21 heavy (non-hydrogen) atoms. The van der Waals surface area contributed by atoms with Gasteiger partial charge in [-0.15, -0.1) is 12.4 Å². The first-order valence-electron chi connectivity index (χ1n) is 7.83. The summed E-state index contributed by atoms with van der Waals surface area (Å²) in [6.07, 6.45) is 8.45. The molecule has 1 aromatic rings. The van der Waals surface area contributed by atoms with Crippen LogP contribution < -0.4 is 11.1 Å². The first kappa shape index (κ1) is 18.0. The minimum absolute atomic E-state index is 0. The van der Waals surface area contributed by atoms with Gasteiger partial charge in [-0.3, -0.25) is 4.79 Å². The molecule has 0 aliphatic heterocycles. The third kappa shape index (κ3) is 6.49. The summed E-state index contributed by atoms with van der Waals surface area (Å²) in [7, 11) is 0. The predicted octanol–water partition coefficient (Wildman–Crippen LogP) is 3.06. The average Bonchev–Trinajstić information content (AvgIpc) is 2.49. The van der Waals surface area contributed by atoms with Crippen molar-refractivity contribution in [2.24, 2.45) is 11.7 Å². The molecule has 3 nitrogen and oxygen atoms in total. The highest BCUT2D eigenvalue weighted by Gasteiger charge is 2.16. The SMILES string of the molecule is Cl.NC(Cc1ccccc1)C(=O)NCCC1CCCCC1. The molecule has 1 atom stereocenters. The molecule has 118 valence electrons. The number of nitrogens with two attached hydrogens (primary N) is 1. The average molecular weight is 311 g/mol. The molecule has 1 aliphatic rings. The van der Waals surface area contributed by atoms with Gasteiger partial charge in [0.1, 0.15) is 0 Å². The highest BCUT2D eigenvalue weighted by atomic mass is 35.5. The number of hydrogen-bond donors (Lipinski definition) is 2. The molecule has 1 unspecified atom stereocenters. The van der Waals surface area contributed by atoms with Crippen LogP contribution in [0.4, 0.5) is 0 Å². The second-order valence-electron chi connectivity index (χ2n) is 5.88. The van der Waals surface area contributed by atoms with Crippen molar-refractivity contribution in [1.82, 2.24) is 5.32 Å². The Hall–Kier alpha value is -1.06. The van der Waals surface area contributed by atoms with E-state index < -0.39 is 6.04 Å². The van der Waals surface area contributed by atoms with Crippen molar-refractivity contribution in [3.8, 4) is 0 Å². The van der Waals surface area contributed by atoms with E-state index in [9.17, 15) is 4.79 Å². The van der Waals surface area contributed by atoms with Crippen LogP contribution in [-0.2, 0) is 11.2 Å². The second kappa shape index (κ2) is 9.80. The van der Waals surface area contributed by atoms with E-state index in [-0.39, 0.29) is 18.3 Å². The summed E-state index contributed by atoms with van der Waals surface area (Å²) in [4.78, 5) is 12.0. The highest BCUT2D eigenvalue weighted by Crippen LogP contribution is 2.25. The molecule has 2 rings (SSSR count). The number of nitrogens with one attached hydrogen (secondary N) is 1. The largest absolute Gasteiger partial charge is 0.355 e. The van der Waals surface area contributed by atoms with E-state index >= 15 is 0 Å². The van der Waals surface area contributed by atoms with E-state index in [2.05, 4.69) is 5.32 Å². The van der Waals surface area contributed by atoms with Crippen LogP contribution in [0.3, 0.4) is 0 Å². The minimum atomic E-state index is -0.441. The Kier molecular flexibility index (Phi) is 8.40. The van der Waals surface area contributed by atoms with Crippen molar-refractivity contribution in [2.75, 3.05) is 6.54 Å². The topological polar surface area (TPSA) is 55.1 Å². The predicted molar refractivity (Wildman–Crippen MR) is 89.6 cm³/mol. The van der Waals surface area contributed by atoms with Gasteiger partial charge in [-0.1, -0.05) is 62.4 Å². The Balaban J connectivity index is 0.00000220. The van der Waals surface area contributed by atoms with E-state index in [1.807, 2.05) is 30.3 Å². The number of benzene rings is 1. The van der Waals surface area contributed by atoms with Gasteiger partial charge in [-0.05, 0) is 24.3 Å². The molecule has 1 amide bonds. The summed E-state index contributed by atoms with van der Waals surface area (Å²) in [6.45, 7) is 0.770. The van der Waals surface area contributed by atoms with E-state index in [0.29, 0.717) is 6.42 Å². The fraction of sp³-hybridized carbons (Fsp3) is 0.588. The molecule has 1 aromatic carbocycles. The molecule has 1 fully saturated rings. The van der Waals surface area contributed by atoms with E-state index in [0.717, 1.165) is 24.4 Å². The fourth-order valence-electron chi connectivity index (χ4n) is 2.97. The Morgan fingerprint density at radius 2 is 1.86 bits per heavy atom. The number of rotatable bonds is 6. The number of carbonyl (C=O) groups is 1.